The lowest BCUT2D eigenvalue weighted by molar-refractivity contribution is -0.383. The van der Waals surface area contributed by atoms with E-state index in [1.54, 1.807) is 0 Å². The maximum atomic E-state index is 10.9. The molecule has 1 heterocycles. The largest absolute Gasteiger partial charge is 0.478 e. The molecule has 0 bridgehead atoms. The molecule has 94 valence electrons. The average molecular weight is 252 g/mol. The fraction of sp³-hybridized carbons (Fsp3) is 0.222. The van der Waals surface area contributed by atoms with Crippen LogP contribution in [-0.2, 0) is 6.54 Å². The fourth-order valence-corrected chi connectivity index (χ4v) is 1.61. The number of nitro benzene ring substituents is 1. The number of aliphatic hydroxyl groups excluding tert-OH is 1. The van der Waals surface area contributed by atoms with Gasteiger partial charge in [0, 0.05) is 6.07 Å². The van der Waals surface area contributed by atoms with Crippen LogP contribution in [0.5, 0.6) is 0 Å². The lowest BCUT2D eigenvalue weighted by Gasteiger charge is -2.01. The molecular weight excluding hydrogens is 244 g/mol. The summed E-state index contributed by atoms with van der Waals surface area (Å²) in [4.78, 5) is 21.1. The van der Waals surface area contributed by atoms with Gasteiger partial charge in [-0.15, -0.1) is 5.10 Å². The number of hydrogen-bond acceptors (Lipinski definition) is 6. The van der Waals surface area contributed by atoms with Gasteiger partial charge in [0.25, 0.3) is 5.69 Å². The number of nitrogens with zero attached hydrogens (tertiary/aromatic N) is 4. The summed E-state index contributed by atoms with van der Waals surface area (Å²) >= 11 is 0. The van der Waals surface area contributed by atoms with Gasteiger partial charge in [-0.05, 0) is 6.07 Å². The first-order chi connectivity index (χ1) is 8.54. The Bertz CT molecular complexity index is 635. The molecule has 2 aromatic rings. The zero-order valence-electron chi connectivity index (χ0n) is 8.98. The van der Waals surface area contributed by atoms with E-state index in [0.29, 0.717) is 0 Å². The number of aliphatic hydroxyl groups is 1. The number of hydrogen-bond donors (Lipinski definition) is 2. The van der Waals surface area contributed by atoms with Crippen LogP contribution < -0.4 is 0 Å². The molecule has 0 aliphatic heterocycles. The van der Waals surface area contributed by atoms with E-state index in [0.717, 1.165) is 6.07 Å². The molecule has 2 rings (SSSR count). The zero-order chi connectivity index (χ0) is 13.3. The molecule has 0 saturated heterocycles. The van der Waals surface area contributed by atoms with Crippen molar-refractivity contribution >= 4 is 22.7 Å². The van der Waals surface area contributed by atoms with Crippen molar-refractivity contribution in [2.45, 2.75) is 6.54 Å². The summed E-state index contributed by atoms with van der Waals surface area (Å²) in [5.41, 5.74) is -0.428. The minimum atomic E-state index is -1.28. The molecule has 18 heavy (non-hydrogen) atoms. The van der Waals surface area contributed by atoms with E-state index in [2.05, 4.69) is 10.3 Å². The Morgan fingerprint density at radius 2 is 2.22 bits per heavy atom. The number of carboxylic acid groups (broad SMARTS) is 1. The molecule has 0 saturated carbocycles. The van der Waals surface area contributed by atoms with Gasteiger partial charge in [-0.1, -0.05) is 5.21 Å². The topological polar surface area (TPSA) is 131 Å². The maximum absolute atomic E-state index is 10.9. The molecule has 0 aliphatic rings. The Balaban J connectivity index is 2.75. The van der Waals surface area contributed by atoms with Gasteiger partial charge in [-0.25, -0.2) is 9.48 Å². The van der Waals surface area contributed by atoms with E-state index in [4.69, 9.17) is 10.2 Å². The molecule has 0 radical (unpaired) electrons. The predicted octanol–water partition coefficient (Wildman–Crippen LogP) is 0.0300. The molecule has 0 spiro atoms. The molecule has 1 aromatic heterocycles. The number of carboxylic acids is 1. The minimum absolute atomic E-state index is 0.0454. The standard InChI is InChI=1S/C9H8N4O5/c14-2-1-12-8-6(10-11-12)3-5(9(15)16)4-7(8)13(17)18/h3-4,14H,1-2H2,(H,15,16). The highest BCUT2D eigenvalue weighted by atomic mass is 16.6. The SMILES string of the molecule is O=C(O)c1cc([N+](=O)[O-])c2c(c1)nnn2CCO. The first-order valence-electron chi connectivity index (χ1n) is 4.90. The lowest BCUT2D eigenvalue weighted by Crippen LogP contribution is -2.06. The van der Waals surface area contributed by atoms with Crippen molar-refractivity contribution in [1.82, 2.24) is 15.0 Å². The third kappa shape index (κ3) is 1.86. The van der Waals surface area contributed by atoms with Crippen molar-refractivity contribution in [1.29, 1.82) is 0 Å². The second kappa shape index (κ2) is 4.37. The Morgan fingerprint density at radius 3 is 2.78 bits per heavy atom. The summed E-state index contributed by atoms with van der Waals surface area (Å²) in [6.07, 6.45) is 0. The summed E-state index contributed by atoms with van der Waals surface area (Å²) in [5, 5.41) is 35.9. The van der Waals surface area contributed by atoms with Crippen molar-refractivity contribution in [2.75, 3.05) is 6.61 Å². The highest BCUT2D eigenvalue weighted by Crippen LogP contribution is 2.26. The van der Waals surface area contributed by atoms with Gasteiger partial charge in [0.05, 0.1) is 23.6 Å². The summed E-state index contributed by atoms with van der Waals surface area (Å²) < 4.78 is 1.17. The van der Waals surface area contributed by atoms with E-state index in [1.807, 2.05) is 0 Å². The van der Waals surface area contributed by atoms with Gasteiger partial charge in [0.1, 0.15) is 5.52 Å². The van der Waals surface area contributed by atoms with Gasteiger partial charge in [0.2, 0.25) is 0 Å². The quantitative estimate of drug-likeness (QED) is 0.579. The van der Waals surface area contributed by atoms with Gasteiger partial charge < -0.3 is 10.2 Å². The third-order valence-corrected chi connectivity index (χ3v) is 2.34. The van der Waals surface area contributed by atoms with Gasteiger partial charge in [-0.3, -0.25) is 10.1 Å². The van der Waals surface area contributed by atoms with Crippen LogP contribution in [0, 0.1) is 10.1 Å². The van der Waals surface area contributed by atoms with Gasteiger partial charge in [-0.2, -0.15) is 0 Å². The second-order valence-electron chi connectivity index (χ2n) is 3.46. The van der Waals surface area contributed by atoms with E-state index in [-0.39, 0.29) is 29.7 Å². The van der Waals surface area contributed by atoms with Crippen LogP contribution in [0.25, 0.3) is 11.0 Å². The number of aromatic nitrogens is 3. The normalized spacial score (nSPS) is 10.7. The Kier molecular flexibility index (Phi) is 2.90. The monoisotopic (exact) mass is 252 g/mol. The van der Waals surface area contributed by atoms with Crippen molar-refractivity contribution in [3.63, 3.8) is 0 Å². The minimum Gasteiger partial charge on any atom is -0.478 e. The van der Waals surface area contributed by atoms with E-state index < -0.39 is 16.6 Å². The average Bonchev–Trinajstić information content (AvgIpc) is 2.71. The molecule has 2 N–H and O–H groups in total. The number of rotatable bonds is 4. The van der Waals surface area contributed by atoms with E-state index in [1.165, 1.54) is 10.7 Å². The Hall–Kier alpha value is -2.55. The maximum Gasteiger partial charge on any atom is 0.336 e. The zero-order valence-corrected chi connectivity index (χ0v) is 8.98. The van der Waals surface area contributed by atoms with Crippen LogP contribution in [-0.4, -0.2) is 42.7 Å². The van der Waals surface area contributed by atoms with Crippen LogP contribution in [0.1, 0.15) is 10.4 Å². The summed E-state index contributed by atoms with van der Waals surface area (Å²) in [7, 11) is 0. The summed E-state index contributed by atoms with van der Waals surface area (Å²) in [6, 6.07) is 2.15. The van der Waals surface area contributed by atoms with Gasteiger partial charge in [0.15, 0.2) is 5.52 Å². The summed E-state index contributed by atoms with van der Waals surface area (Å²) in [6.45, 7) is -0.208. The smallest absolute Gasteiger partial charge is 0.336 e. The van der Waals surface area contributed by atoms with Crippen LogP contribution in [0.3, 0.4) is 0 Å². The Morgan fingerprint density at radius 1 is 1.50 bits per heavy atom. The molecule has 9 nitrogen and oxygen atoms in total. The summed E-state index contributed by atoms with van der Waals surface area (Å²) in [5.74, 6) is -1.28. The molecule has 0 aliphatic carbocycles. The van der Waals surface area contributed by atoms with Crippen molar-refractivity contribution in [3.05, 3.63) is 27.8 Å². The van der Waals surface area contributed by atoms with E-state index in [9.17, 15) is 14.9 Å². The number of aromatic carboxylic acids is 1. The number of carbonyl (C=O) groups is 1. The molecule has 1 aromatic carbocycles. The van der Waals surface area contributed by atoms with Crippen LogP contribution in [0.4, 0.5) is 5.69 Å². The molecule has 0 unspecified atom stereocenters. The van der Waals surface area contributed by atoms with Crippen LogP contribution in [0.15, 0.2) is 12.1 Å². The molecule has 0 amide bonds. The van der Waals surface area contributed by atoms with Crippen LogP contribution >= 0.6 is 0 Å². The van der Waals surface area contributed by atoms with Crippen molar-refractivity contribution < 1.29 is 19.9 Å². The fourth-order valence-electron chi connectivity index (χ4n) is 1.61. The van der Waals surface area contributed by atoms with Crippen molar-refractivity contribution in [3.8, 4) is 0 Å². The molecular formula is C9H8N4O5. The van der Waals surface area contributed by atoms with Gasteiger partial charge >= 0.3 is 5.97 Å². The first-order valence-corrected chi connectivity index (χ1v) is 4.90. The van der Waals surface area contributed by atoms with Crippen molar-refractivity contribution in [2.24, 2.45) is 0 Å². The third-order valence-electron chi connectivity index (χ3n) is 2.34. The lowest BCUT2D eigenvalue weighted by atomic mass is 10.1. The number of benzene rings is 1. The number of fused-ring (bicyclic) bond motifs is 1. The second-order valence-corrected chi connectivity index (χ2v) is 3.46. The number of non-ortho nitro benzene ring substituents is 1. The molecule has 9 heteroatoms. The first kappa shape index (κ1) is 11.9. The highest BCUT2D eigenvalue weighted by molar-refractivity contribution is 5.96. The van der Waals surface area contributed by atoms with E-state index >= 15 is 0 Å². The molecule has 0 fully saturated rings. The molecule has 0 atom stereocenters. The predicted molar refractivity (Wildman–Crippen MR) is 58.2 cm³/mol. The highest BCUT2D eigenvalue weighted by Gasteiger charge is 2.21. The number of nitro groups is 1. The Labute approximate surface area is 99.4 Å². The van der Waals surface area contributed by atoms with Crippen LogP contribution in [0.2, 0.25) is 0 Å².